The van der Waals surface area contributed by atoms with Crippen molar-refractivity contribution in [1.29, 1.82) is 0 Å². The van der Waals surface area contributed by atoms with Gasteiger partial charge in [0, 0.05) is 5.69 Å². The van der Waals surface area contributed by atoms with Crippen molar-refractivity contribution >= 4 is 17.2 Å². The van der Waals surface area contributed by atoms with Crippen molar-refractivity contribution in [3.63, 3.8) is 0 Å². The number of nitrogens with two attached hydrogens (primary N) is 2. The zero-order valence-corrected chi connectivity index (χ0v) is 12.2. The van der Waals surface area contributed by atoms with Gasteiger partial charge >= 0.3 is 0 Å². The Kier molecular flexibility index (Phi) is 3.96. The fraction of sp³-hybridized carbons (Fsp3) is 0.118. The third-order valence-corrected chi connectivity index (χ3v) is 3.52. The highest BCUT2D eigenvalue weighted by atomic mass is 15.3. The van der Waals surface area contributed by atoms with E-state index in [4.69, 9.17) is 11.5 Å². The smallest absolute Gasteiger partial charge is 0.145 e. The summed E-state index contributed by atoms with van der Waals surface area (Å²) in [6.45, 7) is 1.16. The maximum absolute atomic E-state index is 6.07. The summed E-state index contributed by atoms with van der Waals surface area (Å²) in [6.07, 6.45) is 0. The van der Waals surface area contributed by atoms with Gasteiger partial charge in [0.05, 0.1) is 18.8 Å². The van der Waals surface area contributed by atoms with Gasteiger partial charge in [-0.15, -0.1) is 0 Å². The van der Waals surface area contributed by atoms with Gasteiger partial charge in [0.2, 0.25) is 0 Å². The van der Waals surface area contributed by atoms with Crippen LogP contribution in [-0.2, 0) is 13.1 Å². The minimum absolute atomic E-state index is 0.508. The summed E-state index contributed by atoms with van der Waals surface area (Å²) < 4.78 is 1.74. The molecule has 0 radical (unpaired) electrons. The third kappa shape index (κ3) is 3.03. The molecule has 0 unspecified atom stereocenters. The molecule has 3 aromatic rings. The number of aromatic nitrogens is 2. The first-order valence-corrected chi connectivity index (χ1v) is 7.17. The van der Waals surface area contributed by atoms with Gasteiger partial charge in [-0.2, -0.15) is 5.10 Å². The first-order valence-electron chi connectivity index (χ1n) is 7.17. The van der Waals surface area contributed by atoms with E-state index in [2.05, 4.69) is 10.4 Å². The molecule has 5 nitrogen and oxygen atoms in total. The van der Waals surface area contributed by atoms with Crippen LogP contribution in [0.3, 0.4) is 0 Å². The predicted octanol–water partition coefficient (Wildman–Crippen LogP) is 2.71. The topological polar surface area (TPSA) is 81.9 Å². The fourth-order valence-corrected chi connectivity index (χ4v) is 2.29. The van der Waals surface area contributed by atoms with E-state index in [1.54, 1.807) is 4.68 Å². The molecule has 0 saturated heterocycles. The van der Waals surface area contributed by atoms with Gasteiger partial charge in [-0.05, 0) is 17.7 Å². The van der Waals surface area contributed by atoms with Gasteiger partial charge < -0.3 is 16.8 Å². The van der Waals surface area contributed by atoms with Crippen molar-refractivity contribution in [2.75, 3.05) is 16.8 Å². The molecular weight excluding hydrogens is 274 g/mol. The first-order chi connectivity index (χ1) is 10.7. The molecule has 5 heteroatoms. The molecule has 0 amide bonds. The maximum atomic E-state index is 6.07. The average molecular weight is 293 g/mol. The molecule has 1 heterocycles. The Morgan fingerprint density at radius 2 is 1.55 bits per heavy atom. The highest BCUT2D eigenvalue weighted by Crippen LogP contribution is 2.21. The van der Waals surface area contributed by atoms with Crippen LogP contribution >= 0.6 is 0 Å². The highest BCUT2D eigenvalue weighted by Gasteiger charge is 2.12. The molecule has 0 aliphatic rings. The lowest BCUT2D eigenvalue weighted by atomic mass is 10.2. The Morgan fingerprint density at radius 3 is 2.23 bits per heavy atom. The van der Waals surface area contributed by atoms with E-state index in [0.717, 1.165) is 16.9 Å². The predicted molar refractivity (Wildman–Crippen MR) is 90.4 cm³/mol. The SMILES string of the molecule is Nc1c(CNc2ccccc2)nn(Cc2ccccc2)c1N. The summed E-state index contributed by atoms with van der Waals surface area (Å²) >= 11 is 0. The Labute approximate surface area is 129 Å². The van der Waals surface area contributed by atoms with Crippen LogP contribution in [0.25, 0.3) is 0 Å². The Morgan fingerprint density at radius 1 is 0.909 bits per heavy atom. The van der Waals surface area contributed by atoms with E-state index in [1.807, 2.05) is 60.7 Å². The van der Waals surface area contributed by atoms with E-state index in [9.17, 15) is 0 Å². The lowest BCUT2D eigenvalue weighted by Gasteiger charge is -2.04. The van der Waals surface area contributed by atoms with E-state index in [0.29, 0.717) is 24.6 Å². The lowest BCUT2D eigenvalue weighted by Crippen LogP contribution is -2.07. The van der Waals surface area contributed by atoms with Crippen LogP contribution in [0, 0.1) is 0 Å². The number of nitrogen functional groups attached to an aromatic ring is 2. The minimum Gasteiger partial charge on any atom is -0.394 e. The second-order valence-electron chi connectivity index (χ2n) is 5.11. The normalized spacial score (nSPS) is 10.5. The number of rotatable bonds is 5. The van der Waals surface area contributed by atoms with Crippen molar-refractivity contribution in [2.24, 2.45) is 0 Å². The standard InChI is InChI=1S/C17H19N5/c18-16-15(11-20-14-9-5-2-6-10-14)21-22(17(16)19)12-13-7-3-1-4-8-13/h1-10,20H,11-12,18-19H2. The van der Waals surface area contributed by atoms with E-state index in [1.165, 1.54) is 0 Å². The van der Waals surface area contributed by atoms with Crippen molar-refractivity contribution in [1.82, 2.24) is 9.78 Å². The van der Waals surface area contributed by atoms with Gasteiger partial charge in [0.15, 0.2) is 0 Å². The molecule has 22 heavy (non-hydrogen) atoms. The third-order valence-electron chi connectivity index (χ3n) is 3.52. The van der Waals surface area contributed by atoms with E-state index < -0.39 is 0 Å². The van der Waals surface area contributed by atoms with Gasteiger partial charge in [0.25, 0.3) is 0 Å². The first kappa shape index (κ1) is 14.0. The molecule has 0 spiro atoms. The molecule has 0 atom stereocenters. The van der Waals surface area contributed by atoms with Gasteiger partial charge in [-0.1, -0.05) is 48.5 Å². The second kappa shape index (κ2) is 6.22. The number of nitrogens with zero attached hydrogens (tertiary/aromatic N) is 2. The number of para-hydroxylation sites is 1. The molecule has 0 saturated carbocycles. The summed E-state index contributed by atoms with van der Waals surface area (Å²) in [7, 11) is 0. The van der Waals surface area contributed by atoms with Crippen LogP contribution in [0.5, 0.6) is 0 Å². The number of benzene rings is 2. The molecule has 1 aromatic heterocycles. The Bertz CT molecular complexity index is 735. The fourth-order valence-electron chi connectivity index (χ4n) is 2.29. The second-order valence-corrected chi connectivity index (χ2v) is 5.11. The van der Waals surface area contributed by atoms with Crippen molar-refractivity contribution in [2.45, 2.75) is 13.1 Å². The van der Waals surface area contributed by atoms with Crippen LogP contribution in [0.15, 0.2) is 60.7 Å². The molecule has 0 fully saturated rings. The van der Waals surface area contributed by atoms with Crippen LogP contribution < -0.4 is 16.8 Å². The van der Waals surface area contributed by atoms with Crippen LogP contribution in [-0.4, -0.2) is 9.78 Å². The van der Waals surface area contributed by atoms with Crippen LogP contribution in [0.4, 0.5) is 17.2 Å². The number of hydrogen-bond donors (Lipinski definition) is 3. The maximum Gasteiger partial charge on any atom is 0.145 e. The summed E-state index contributed by atoms with van der Waals surface area (Å²) in [5.74, 6) is 0.508. The molecule has 5 N–H and O–H groups in total. The highest BCUT2D eigenvalue weighted by molar-refractivity contribution is 5.63. The van der Waals surface area contributed by atoms with E-state index in [-0.39, 0.29) is 0 Å². The van der Waals surface area contributed by atoms with Crippen LogP contribution in [0.2, 0.25) is 0 Å². The van der Waals surface area contributed by atoms with Crippen molar-refractivity contribution < 1.29 is 0 Å². The molecule has 0 bridgehead atoms. The molecule has 2 aromatic carbocycles. The van der Waals surface area contributed by atoms with Crippen molar-refractivity contribution in [3.8, 4) is 0 Å². The van der Waals surface area contributed by atoms with Gasteiger partial charge in [-0.25, -0.2) is 4.68 Å². The molecule has 3 rings (SSSR count). The summed E-state index contributed by atoms with van der Waals surface area (Å²) in [6, 6.07) is 20.0. The molecular formula is C17H19N5. The van der Waals surface area contributed by atoms with Gasteiger partial charge in [0.1, 0.15) is 11.5 Å². The van der Waals surface area contributed by atoms with E-state index >= 15 is 0 Å². The zero-order valence-electron chi connectivity index (χ0n) is 12.2. The number of hydrogen-bond acceptors (Lipinski definition) is 4. The Balaban J connectivity index is 1.74. The molecule has 112 valence electrons. The number of nitrogens with one attached hydrogen (secondary N) is 1. The van der Waals surface area contributed by atoms with Crippen molar-refractivity contribution in [3.05, 3.63) is 71.9 Å². The summed E-state index contributed by atoms with van der Waals surface area (Å²) in [5.41, 5.74) is 15.6. The monoisotopic (exact) mass is 293 g/mol. The lowest BCUT2D eigenvalue weighted by molar-refractivity contribution is 0.683. The summed E-state index contributed by atoms with van der Waals surface area (Å²) in [4.78, 5) is 0. The van der Waals surface area contributed by atoms with Gasteiger partial charge in [-0.3, -0.25) is 0 Å². The Hall–Kier alpha value is -2.95. The average Bonchev–Trinajstić information content (AvgIpc) is 2.83. The summed E-state index contributed by atoms with van der Waals surface area (Å²) in [5, 5.41) is 7.82. The molecule has 0 aliphatic carbocycles. The minimum atomic E-state index is 0.508. The zero-order chi connectivity index (χ0) is 15.4. The van der Waals surface area contributed by atoms with Crippen LogP contribution in [0.1, 0.15) is 11.3 Å². The number of anilines is 3. The largest absolute Gasteiger partial charge is 0.394 e. The quantitative estimate of drug-likeness (QED) is 0.675. The molecule has 0 aliphatic heterocycles.